The molecule has 2 heteroatoms. The van der Waals surface area contributed by atoms with Crippen molar-refractivity contribution in [3.8, 4) is 6.07 Å². The first-order valence-electron chi connectivity index (χ1n) is 5.37. The minimum absolute atomic E-state index is 0.272. The maximum Gasteiger partial charge on any atom is 0.0662 e. The fourth-order valence-electron chi connectivity index (χ4n) is 1.77. The summed E-state index contributed by atoms with van der Waals surface area (Å²) in [4.78, 5) is 1.32. The van der Waals surface area contributed by atoms with Crippen molar-refractivity contribution in [3.05, 3.63) is 29.8 Å². The maximum atomic E-state index is 8.76. The van der Waals surface area contributed by atoms with E-state index in [1.54, 1.807) is 0 Å². The average Bonchev–Trinajstić information content (AvgIpc) is 2.97. The molecule has 1 aromatic carbocycles. The fourth-order valence-corrected chi connectivity index (χ4v) is 2.61. The Labute approximate surface area is 95.5 Å². The molecule has 1 aliphatic rings. The highest BCUT2D eigenvalue weighted by Gasteiger charge is 2.38. The van der Waals surface area contributed by atoms with Gasteiger partial charge in [-0.25, -0.2) is 0 Å². The van der Waals surface area contributed by atoms with Crippen LogP contribution in [-0.4, -0.2) is 5.25 Å². The van der Waals surface area contributed by atoms with Crippen molar-refractivity contribution in [2.45, 2.75) is 36.3 Å². The molecule has 1 aromatic rings. The molecule has 1 aliphatic carbocycles. The summed E-state index contributed by atoms with van der Waals surface area (Å²) in [6, 6.07) is 11.0. The monoisotopic (exact) mass is 217 g/mol. The summed E-state index contributed by atoms with van der Waals surface area (Å²) in [7, 11) is 0. The predicted molar refractivity (Wildman–Crippen MR) is 63.9 cm³/mol. The molecule has 78 valence electrons. The Hall–Kier alpha value is -0.940. The van der Waals surface area contributed by atoms with E-state index >= 15 is 0 Å². The third-order valence-corrected chi connectivity index (χ3v) is 3.65. The van der Waals surface area contributed by atoms with Crippen LogP contribution < -0.4 is 0 Å². The highest BCUT2D eigenvalue weighted by molar-refractivity contribution is 7.99. The molecular formula is C13H15NS. The molecule has 1 fully saturated rings. The lowest BCUT2D eigenvalue weighted by Gasteiger charge is -2.05. The minimum atomic E-state index is 0.272. The summed E-state index contributed by atoms with van der Waals surface area (Å²) in [5, 5.41) is 9.39. The molecule has 0 N–H and O–H groups in total. The highest BCUT2D eigenvalue weighted by Crippen LogP contribution is 2.47. The Morgan fingerprint density at radius 2 is 2.00 bits per heavy atom. The Balaban J connectivity index is 2.02. The van der Waals surface area contributed by atoms with Gasteiger partial charge in [0.05, 0.1) is 12.0 Å². The molecule has 2 atom stereocenters. The zero-order valence-corrected chi connectivity index (χ0v) is 9.92. The van der Waals surface area contributed by atoms with Crippen molar-refractivity contribution in [1.29, 1.82) is 5.26 Å². The van der Waals surface area contributed by atoms with Crippen LogP contribution in [0.5, 0.6) is 0 Å². The van der Waals surface area contributed by atoms with Gasteiger partial charge in [-0.2, -0.15) is 5.26 Å². The van der Waals surface area contributed by atoms with Crippen LogP contribution in [0.15, 0.2) is 29.2 Å². The van der Waals surface area contributed by atoms with E-state index in [2.05, 4.69) is 44.2 Å². The van der Waals surface area contributed by atoms with Crippen LogP contribution in [0, 0.1) is 17.2 Å². The molecule has 1 saturated carbocycles. The molecule has 0 radical (unpaired) electrons. The van der Waals surface area contributed by atoms with Gasteiger partial charge >= 0.3 is 0 Å². The van der Waals surface area contributed by atoms with Gasteiger partial charge in [0.2, 0.25) is 0 Å². The van der Waals surface area contributed by atoms with Crippen LogP contribution in [0.3, 0.4) is 0 Å². The molecule has 0 aliphatic heterocycles. The van der Waals surface area contributed by atoms with Gasteiger partial charge in [-0.05, 0) is 24.1 Å². The standard InChI is InChI=1S/C13H15NS/c1-9(2)15-12-5-3-10(4-6-12)13-7-11(13)8-14/h3-6,9,11,13H,7H2,1-2H3. The molecule has 1 nitrogen and oxygen atoms in total. The van der Waals surface area contributed by atoms with Crippen LogP contribution in [0.4, 0.5) is 0 Å². The normalized spacial score (nSPS) is 23.9. The fraction of sp³-hybridized carbons (Fsp3) is 0.462. The molecule has 0 spiro atoms. The van der Waals surface area contributed by atoms with Crippen molar-refractivity contribution in [3.63, 3.8) is 0 Å². The first-order chi connectivity index (χ1) is 7.20. The molecular weight excluding hydrogens is 202 g/mol. The number of hydrogen-bond acceptors (Lipinski definition) is 2. The third kappa shape index (κ3) is 2.54. The van der Waals surface area contributed by atoms with Gasteiger partial charge in [0.1, 0.15) is 0 Å². The molecule has 0 aromatic heterocycles. The maximum absolute atomic E-state index is 8.76. The molecule has 0 saturated heterocycles. The summed E-state index contributed by atoms with van der Waals surface area (Å²) < 4.78 is 0. The van der Waals surface area contributed by atoms with Gasteiger partial charge in [-0.15, -0.1) is 11.8 Å². The summed E-state index contributed by atoms with van der Waals surface area (Å²) in [6.07, 6.45) is 1.05. The average molecular weight is 217 g/mol. The van der Waals surface area contributed by atoms with E-state index in [0.29, 0.717) is 11.2 Å². The van der Waals surface area contributed by atoms with Crippen molar-refractivity contribution in [2.24, 2.45) is 5.92 Å². The molecule has 15 heavy (non-hydrogen) atoms. The van der Waals surface area contributed by atoms with Crippen molar-refractivity contribution < 1.29 is 0 Å². The van der Waals surface area contributed by atoms with E-state index in [1.807, 2.05) is 11.8 Å². The van der Waals surface area contributed by atoms with Crippen molar-refractivity contribution >= 4 is 11.8 Å². The summed E-state index contributed by atoms with van der Waals surface area (Å²) >= 11 is 1.88. The van der Waals surface area contributed by atoms with E-state index in [-0.39, 0.29) is 5.92 Å². The van der Waals surface area contributed by atoms with Crippen molar-refractivity contribution in [2.75, 3.05) is 0 Å². The molecule has 0 amide bonds. The molecule has 0 bridgehead atoms. The van der Waals surface area contributed by atoms with E-state index in [1.165, 1.54) is 10.5 Å². The topological polar surface area (TPSA) is 23.8 Å². The number of nitriles is 1. The first-order valence-corrected chi connectivity index (χ1v) is 6.25. The molecule has 2 rings (SSSR count). The summed E-state index contributed by atoms with van der Waals surface area (Å²) in [5.74, 6) is 0.779. The van der Waals surface area contributed by atoms with Gasteiger partial charge in [-0.1, -0.05) is 26.0 Å². The number of thioether (sulfide) groups is 1. The van der Waals surface area contributed by atoms with Gasteiger partial charge in [0, 0.05) is 16.1 Å². The van der Waals surface area contributed by atoms with E-state index in [0.717, 1.165) is 6.42 Å². The van der Waals surface area contributed by atoms with Gasteiger partial charge in [0.25, 0.3) is 0 Å². The van der Waals surface area contributed by atoms with Crippen LogP contribution in [0.1, 0.15) is 31.7 Å². The second-order valence-electron chi connectivity index (χ2n) is 4.31. The van der Waals surface area contributed by atoms with E-state index in [9.17, 15) is 0 Å². The number of nitrogens with zero attached hydrogens (tertiary/aromatic N) is 1. The summed E-state index contributed by atoms with van der Waals surface area (Å²) in [5.41, 5.74) is 1.33. The largest absolute Gasteiger partial charge is 0.198 e. The molecule has 0 heterocycles. The second kappa shape index (κ2) is 4.28. The van der Waals surface area contributed by atoms with Crippen molar-refractivity contribution in [1.82, 2.24) is 0 Å². The quantitative estimate of drug-likeness (QED) is 0.719. The van der Waals surface area contributed by atoms with E-state index in [4.69, 9.17) is 5.26 Å². The van der Waals surface area contributed by atoms with Gasteiger partial charge in [-0.3, -0.25) is 0 Å². The SMILES string of the molecule is CC(C)Sc1ccc(C2CC2C#N)cc1. The zero-order valence-electron chi connectivity index (χ0n) is 9.10. The third-order valence-electron chi connectivity index (χ3n) is 2.64. The predicted octanol–water partition coefficient (Wildman–Crippen LogP) is 3.81. The van der Waals surface area contributed by atoms with Crippen LogP contribution in [-0.2, 0) is 0 Å². The molecule has 2 unspecified atom stereocenters. The van der Waals surface area contributed by atoms with Crippen LogP contribution in [0.25, 0.3) is 0 Å². The second-order valence-corrected chi connectivity index (χ2v) is 5.96. The highest BCUT2D eigenvalue weighted by atomic mass is 32.2. The zero-order chi connectivity index (χ0) is 10.8. The minimum Gasteiger partial charge on any atom is -0.198 e. The Kier molecular flexibility index (Phi) is 3.02. The van der Waals surface area contributed by atoms with Crippen LogP contribution >= 0.6 is 11.8 Å². The number of rotatable bonds is 3. The Morgan fingerprint density at radius 1 is 1.33 bits per heavy atom. The van der Waals surface area contributed by atoms with Gasteiger partial charge < -0.3 is 0 Å². The first kappa shape index (κ1) is 10.6. The lowest BCUT2D eigenvalue weighted by molar-refractivity contribution is 1.02. The Morgan fingerprint density at radius 3 is 2.47 bits per heavy atom. The lowest BCUT2D eigenvalue weighted by atomic mass is 10.1. The number of hydrogen-bond donors (Lipinski definition) is 0. The van der Waals surface area contributed by atoms with Gasteiger partial charge in [0.15, 0.2) is 0 Å². The smallest absolute Gasteiger partial charge is 0.0662 e. The lowest BCUT2D eigenvalue weighted by Crippen LogP contribution is -1.87. The number of benzene rings is 1. The van der Waals surface area contributed by atoms with E-state index < -0.39 is 0 Å². The Bertz CT molecular complexity index is 375. The van der Waals surface area contributed by atoms with Crippen LogP contribution in [0.2, 0.25) is 0 Å². The summed E-state index contributed by atoms with van der Waals surface area (Å²) in [6.45, 7) is 4.40.